The first kappa shape index (κ1) is 12.9. The Kier molecular flexibility index (Phi) is 5.22. The van der Waals surface area contributed by atoms with Gasteiger partial charge in [0.2, 0.25) is 0 Å². The standard InChI is InChI=1S/C12H17FO3/c1-15-7-6-10(14)8-9-4-3-5-11(16-2)12(9)13/h3-5,10,14H,6-8H2,1-2H3. The fraction of sp³-hybridized carbons (Fsp3) is 0.500. The highest BCUT2D eigenvalue weighted by Gasteiger charge is 2.12. The summed E-state index contributed by atoms with van der Waals surface area (Å²) in [6, 6.07) is 4.91. The van der Waals surface area contributed by atoms with E-state index in [0.717, 1.165) is 0 Å². The molecule has 0 aliphatic carbocycles. The summed E-state index contributed by atoms with van der Waals surface area (Å²) < 4.78 is 23.4. The third-order valence-corrected chi connectivity index (χ3v) is 2.37. The highest BCUT2D eigenvalue weighted by atomic mass is 19.1. The molecule has 0 aromatic heterocycles. The second-order valence-corrected chi connectivity index (χ2v) is 3.57. The van der Waals surface area contributed by atoms with Crippen molar-refractivity contribution in [1.29, 1.82) is 0 Å². The minimum Gasteiger partial charge on any atom is -0.494 e. The summed E-state index contributed by atoms with van der Waals surface area (Å²) in [7, 11) is 2.99. The predicted molar refractivity (Wildman–Crippen MR) is 59.2 cm³/mol. The summed E-state index contributed by atoms with van der Waals surface area (Å²) >= 11 is 0. The van der Waals surface area contributed by atoms with E-state index in [0.29, 0.717) is 18.6 Å². The van der Waals surface area contributed by atoms with Gasteiger partial charge >= 0.3 is 0 Å². The zero-order valence-corrected chi connectivity index (χ0v) is 9.57. The lowest BCUT2D eigenvalue weighted by molar-refractivity contribution is 0.109. The molecule has 1 rings (SSSR count). The van der Waals surface area contributed by atoms with Crippen molar-refractivity contribution in [3.05, 3.63) is 29.6 Å². The van der Waals surface area contributed by atoms with Crippen LogP contribution in [0, 0.1) is 5.82 Å². The van der Waals surface area contributed by atoms with E-state index in [-0.39, 0.29) is 12.2 Å². The quantitative estimate of drug-likeness (QED) is 0.806. The molecule has 3 nitrogen and oxygen atoms in total. The summed E-state index contributed by atoms with van der Waals surface area (Å²) in [6.45, 7) is 0.465. The molecular weight excluding hydrogens is 211 g/mol. The molecule has 0 radical (unpaired) electrons. The van der Waals surface area contributed by atoms with Crippen molar-refractivity contribution in [2.75, 3.05) is 20.8 Å². The van der Waals surface area contributed by atoms with Crippen LogP contribution in [0.25, 0.3) is 0 Å². The van der Waals surface area contributed by atoms with Crippen molar-refractivity contribution in [2.24, 2.45) is 0 Å². The fourth-order valence-electron chi connectivity index (χ4n) is 1.48. The fourth-order valence-corrected chi connectivity index (χ4v) is 1.48. The molecule has 0 aliphatic rings. The smallest absolute Gasteiger partial charge is 0.168 e. The van der Waals surface area contributed by atoms with E-state index in [4.69, 9.17) is 9.47 Å². The van der Waals surface area contributed by atoms with Crippen LogP contribution < -0.4 is 4.74 Å². The first-order valence-corrected chi connectivity index (χ1v) is 5.17. The molecule has 1 aromatic rings. The third-order valence-electron chi connectivity index (χ3n) is 2.37. The molecule has 1 unspecified atom stereocenters. The van der Waals surface area contributed by atoms with Crippen LogP contribution >= 0.6 is 0 Å². The van der Waals surface area contributed by atoms with Crippen LogP contribution in [0.3, 0.4) is 0 Å². The Bertz CT molecular complexity index is 328. The van der Waals surface area contributed by atoms with Gasteiger partial charge in [-0.1, -0.05) is 12.1 Å². The molecule has 1 N–H and O–H groups in total. The molecule has 0 aliphatic heterocycles. The van der Waals surface area contributed by atoms with Crippen LogP contribution in [0.1, 0.15) is 12.0 Å². The van der Waals surface area contributed by atoms with E-state index in [2.05, 4.69) is 0 Å². The van der Waals surface area contributed by atoms with E-state index in [9.17, 15) is 9.50 Å². The number of halogens is 1. The molecule has 16 heavy (non-hydrogen) atoms. The molecule has 1 aromatic carbocycles. The molecule has 0 heterocycles. The van der Waals surface area contributed by atoms with E-state index >= 15 is 0 Å². The highest BCUT2D eigenvalue weighted by Crippen LogP contribution is 2.21. The third kappa shape index (κ3) is 3.47. The maximum Gasteiger partial charge on any atom is 0.168 e. The highest BCUT2D eigenvalue weighted by molar-refractivity contribution is 5.31. The normalized spacial score (nSPS) is 12.5. The number of aliphatic hydroxyl groups is 1. The number of benzene rings is 1. The minimum atomic E-state index is -0.596. The van der Waals surface area contributed by atoms with E-state index in [1.54, 1.807) is 25.3 Å². The van der Waals surface area contributed by atoms with Crippen molar-refractivity contribution >= 4 is 0 Å². The Balaban J connectivity index is 2.66. The lowest BCUT2D eigenvalue weighted by Crippen LogP contribution is -2.14. The van der Waals surface area contributed by atoms with Crippen LogP contribution in [0.5, 0.6) is 5.75 Å². The van der Waals surface area contributed by atoms with Gasteiger partial charge in [0, 0.05) is 20.1 Å². The maximum absolute atomic E-state index is 13.7. The lowest BCUT2D eigenvalue weighted by atomic mass is 10.1. The number of aliphatic hydroxyl groups excluding tert-OH is 1. The van der Waals surface area contributed by atoms with Gasteiger partial charge < -0.3 is 14.6 Å². The second kappa shape index (κ2) is 6.45. The van der Waals surface area contributed by atoms with Gasteiger partial charge in [-0.2, -0.15) is 0 Å². The van der Waals surface area contributed by atoms with Crippen molar-refractivity contribution in [3.63, 3.8) is 0 Å². The maximum atomic E-state index is 13.7. The van der Waals surface area contributed by atoms with Gasteiger partial charge in [-0.05, 0) is 18.1 Å². The van der Waals surface area contributed by atoms with Crippen molar-refractivity contribution in [1.82, 2.24) is 0 Å². The Labute approximate surface area is 94.8 Å². The Hall–Kier alpha value is -1.13. The Morgan fingerprint density at radius 2 is 2.12 bits per heavy atom. The van der Waals surface area contributed by atoms with Gasteiger partial charge in [-0.3, -0.25) is 0 Å². The van der Waals surface area contributed by atoms with Gasteiger partial charge in [-0.25, -0.2) is 4.39 Å². The van der Waals surface area contributed by atoms with E-state index in [1.165, 1.54) is 7.11 Å². The zero-order chi connectivity index (χ0) is 12.0. The summed E-state index contributed by atoms with van der Waals surface area (Å²) in [4.78, 5) is 0. The molecule has 1 atom stereocenters. The second-order valence-electron chi connectivity index (χ2n) is 3.57. The average molecular weight is 228 g/mol. The number of ether oxygens (including phenoxy) is 2. The molecule has 90 valence electrons. The van der Waals surface area contributed by atoms with Crippen molar-refractivity contribution in [3.8, 4) is 5.75 Å². The van der Waals surface area contributed by atoms with E-state index in [1.807, 2.05) is 0 Å². The van der Waals surface area contributed by atoms with Crippen LogP contribution in [-0.2, 0) is 11.2 Å². The van der Waals surface area contributed by atoms with Crippen molar-refractivity contribution in [2.45, 2.75) is 18.9 Å². The molecule has 0 spiro atoms. The predicted octanol–water partition coefficient (Wildman–Crippen LogP) is 1.77. The lowest BCUT2D eigenvalue weighted by Gasteiger charge is -2.12. The van der Waals surface area contributed by atoms with Gasteiger partial charge in [-0.15, -0.1) is 0 Å². The SMILES string of the molecule is COCCC(O)Cc1cccc(OC)c1F. The summed E-state index contributed by atoms with van der Waals surface area (Å²) in [5.41, 5.74) is 0.461. The largest absolute Gasteiger partial charge is 0.494 e. The number of methoxy groups -OCH3 is 2. The van der Waals surface area contributed by atoms with E-state index < -0.39 is 11.9 Å². The Morgan fingerprint density at radius 1 is 1.38 bits per heavy atom. The molecule has 0 fully saturated rings. The van der Waals surface area contributed by atoms with Gasteiger partial charge in [0.25, 0.3) is 0 Å². The first-order valence-electron chi connectivity index (χ1n) is 5.17. The summed E-state index contributed by atoms with van der Waals surface area (Å²) in [5.74, 6) is -0.196. The molecule has 0 bridgehead atoms. The Morgan fingerprint density at radius 3 is 2.75 bits per heavy atom. The van der Waals surface area contributed by atoms with Gasteiger partial charge in [0.15, 0.2) is 11.6 Å². The van der Waals surface area contributed by atoms with Crippen LogP contribution in [0.15, 0.2) is 18.2 Å². The van der Waals surface area contributed by atoms with Crippen LogP contribution in [-0.4, -0.2) is 32.0 Å². The first-order chi connectivity index (χ1) is 7.69. The summed E-state index contributed by atoms with van der Waals surface area (Å²) in [6.07, 6.45) is 0.168. The summed E-state index contributed by atoms with van der Waals surface area (Å²) in [5, 5.41) is 9.63. The van der Waals surface area contributed by atoms with Crippen molar-refractivity contribution < 1.29 is 19.0 Å². The number of hydrogen-bond donors (Lipinski definition) is 1. The number of hydrogen-bond acceptors (Lipinski definition) is 3. The van der Waals surface area contributed by atoms with Gasteiger partial charge in [0.1, 0.15) is 0 Å². The number of rotatable bonds is 6. The topological polar surface area (TPSA) is 38.7 Å². The molecule has 4 heteroatoms. The van der Waals surface area contributed by atoms with Crippen LogP contribution in [0.4, 0.5) is 4.39 Å². The molecule has 0 amide bonds. The monoisotopic (exact) mass is 228 g/mol. The van der Waals surface area contributed by atoms with Crippen LogP contribution in [0.2, 0.25) is 0 Å². The minimum absolute atomic E-state index is 0.205. The average Bonchev–Trinajstić information content (AvgIpc) is 2.29. The molecule has 0 saturated carbocycles. The molecule has 0 saturated heterocycles. The zero-order valence-electron chi connectivity index (χ0n) is 9.57. The van der Waals surface area contributed by atoms with Gasteiger partial charge in [0.05, 0.1) is 13.2 Å². The molecular formula is C12H17FO3.